The molecule has 0 unspecified atom stereocenters. The molecular formula is C11H19NO3. The Morgan fingerprint density at radius 1 is 1.33 bits per heavy atom. The van der Waals surface area contributed by atoms with Gasteiger partial charge in [0, 0.05) is 18.0 Å². The molecule has 1 saturated carbocycles. The quantitative estimate of drug-likeness (QED) is 0.655. The molecule has 2 N–H and O–H groups in total. The van der Waals surface area contributed by atoms with E-state index < -0.39 is 5.79 Å². The second kappa shape index (κ2) is 2.94. The molecule has 4 nitrogen and oxygen atoms in total. The molecule has 6 atom stereocenters. The highest BCUT2D eigenvalue weighted by Gasteiger charge is 2.60. The first-order valence-electron chi connectivity index (χ1n) is 5.78. The highest BCUT2D eigenvalue weighted by molar-refractivity contribution is 5.12. The molecule has 2 heterocycles. The molecule has 15 heavy (non-hydrogen) atoms. The summed E-state index contributed by atoms with van der Waals surface area (Å²) in [4.78, 5) is 0. The van der Waals surface area contributed by atoms with Gasteiger partial charge in [-0.25, -0.2) is 0 Å². The lowest BCUT2D eigenvalue weighted by molar-refractivity contribution is -0.155. The first-order valence-corrected chi connectivity index (χ1v) is 5.78. The fraction of sp³-hybridized carbons (Fsp3) is 1.00. The first-order chi connectivity index (χ1) is 6.98. The van der Waals surface area contributed by atoms with E-state index in [4.69, 9.17) is 9.47 Å². The Morgan fingerprint density at radius 3 is 2.67 bits per heavy atom. The average Bonchev–Trinajstić information content (AvgIpc) is 2.70. The summed E-state index contributed by atoms with van der Waals surface area (Å²) in [6.45, 7) is 5.76. The van der Waals surface area contributed by atoms with Gasteiger partial charge in [-0.05, 0) is 27.2 Å². The first kappa shape index (κ1) is 10.0. The van der Waals surface area contributed by atoms with Crippen molar-refractivity contribution in [3.8, 4) is 0 Å². The lowest BCUT2D eigenvalue weighted by atomic mass is 9.93. The minimum Gasteiger partial charge on any atom is -0.392 e. The van der Waals surface area contributed by atoms with Crippen molar-refractivity contribution in [1.82, 2.24) is 5.32 Å². The van der Waals surface area contributed by atoms with Crippen LogP contribution >= 0.6 is 0 Å². The molecule has 86 valence electrons. The van der Waals surface area contributed by atoms with Gasteiger partial charge in [0.15, 0.2) is 5.79 Å². The molecule has 3 rings (SSSR count). The molecule has 3 aliphatic rings. The normalized spacial score (nSPS) is 53.2. The standard InChI is InChI=1S/C11H19NO3/c1-5(13)8-6-4-7(12-8)10-9(6)14-11(2,3)15-10/h5-10,12-13H,4H2,1-3H3/t5-,6-,7-,8+,9-,10+/m0/s1. The van der Waals surface area contributed by atoms with E-state index in [1.807, 2.05) is 20.8 Å². The Morgan fingerprint density at radius 2 is 2.00 bits per heavy atom. The second-order valence-electron chi connectivity index (χ2n) is 5.50. The Hall–Kier alpha value is -0.160. The van der Waals surface area contributed by atoms with Crippen LogP contribution in [-0.4, -0.2) is 41.3 Å². The lowest BCUT2D eigenvalue weighted by Gasteiger charge is -2.31. The van der Waals surface area contributed by atoms with Crippen molar-refractivity contribution < 1.29 is 14.6 Å². The fourth-order valence-electron chi connectivity index (χ4n) is 3.40. The van der Waals surface area contributed by atoms with E-state index in [1.165, 1.54) is 0 Å². The minimum absolute atomic E-state index is 0.172. The second-order valence-corrected chi connectivity index (χ2v) is 5.50. The zero-order chi connectivity index (χ0) is 10.8. The molecule has 0 aromatic heterocycles. The fourth-order valence-corrected chi connectivity index (χ4v) is 3.40. The van der Waals surface area contributed by atoms with Crippen molar-refractivity contribution in [3.63, 3.8) is 0 Å². The summed E-state index contributed by atoms with van der Waals surface area (Å²) >= 11 is 0. The van der Waals surface area contributed by atoms with Crippen molar-refractivity contribution in [2.75, 3.05) is 0 Å². The van der Waals surface area contributed by atoms with Crippen LogP contribution in [0.3, 0.4) is 0 Å². The number of ether oxygens (including phenoxy) is 2. The smallest absolute Gasteiger partial charge is 0.163 e. The van der Waals surface area contributed by atoms with Crippen molar-refractivity contribution in [3.05, 3.63) is 0 Å². The Bertz CT molecular complexity index is 279. The van der Waals surface area contributed by atoms with E-state index in [1.54, 1.807) is 0 Å². The van der Waals surface area contributed by atoms with E-state index in [0.29, 0.717) is 12.0 Å². The van der Waals surface area contributed by atoms with Gasteiger partial charge in [0.1, 0.15) is 6.10 Å². The third kappa shape index (κ3) is 1.35. The molecule has 1 aliphatic carbocycles. The molecule has 0 aromatic carbocycles. The van der Waals surface area contributed by atoms with E-state index in [-0.39, 0.29) is 24.4 Å². The average molecular weight is 213 g/mol. The van der Waals surface area contributed by atoms with Crippen molar-refractivity contribution >= 4 is 0 Å². The molecule has 0 spiro atoms. The molecule has 0 aromatic rings. The third-order valence-corrected chi connectivity index (χ3v) is 3.90. The number of aliphatic hydroxyl groups is 1. The van der Waals surface area contributed by atoms with E-state index in [0.717, 1.165) is 6.42 Å². The monoisotopic (exact) mass is 213 g/mol. The molecule has 3 fully saturated rings. The van der Waals surface area contributed by atoms with Gasteiger partial charge in [-0.2, -0.15) is 0 Å². The van der Waals surface area contributed by atoms with Gasteiger partial charge in [-0.15, -0.1) is 0 Å². The molecule has 2 bridgehead atoms. The molecule has 2 saturated heterocycles. The third-order valence-electron chi connectivity index (χ3n) is 3.90. The summed E-state index contributed by atoms with van der Waals surface area (Å²) in [5.74, 6) is -0.0524. The maximum absolute atomic E-state index is 9.67. The minimum atomic E-state index is -0.457. The highest BCUT2D eigenvalue weighted by Crippen LogP contribution is 2.47. The van der Waals surface area contributed by atoms with Crippen LogP contribution in [0.5, 0.6) is 0 Å². The van der Waals surface area contributed by atoms with Crippen molar-refractivity contribution in [2.45, 2.75) is 63.4 Å². The maximum atomic E-state index is 9.67. The van der Waals surface area contributed by atoms with Gasteiger partial charge in [0.2, 0.25) is 0 Å². The maximum Gasteiger partial charge on any atom is 0.163 e. The number of hydrogen-bond acceptors (Lipinski definition) is 4. The van der Waals surface area contributed by atoms with Crippen LogP contribution in [0.1, 0.15) is 27.2 Å². The zero-order valence-electron chi connectivity index (χ0n) is 9.43. The molecule has 0 radical (unpaired) electrons. The topological polar surface area (TPSA) is 50.7 Å². The van der Waals surface area contributed by atoms with Crippen molar-refractivity contribution in [2.24, 2.45) is 5.92 Å². The van der Waals surface area contributed by atoms with Crippen LogP contribution in [0.4, 0.5) is 0 Å². The Balaban J connectivity index is 1.81. The lowest BCUT2D eigenvalue weighted by Crippen LogP contribution is -2.53. The number of rotatable bonds is 1. The number of aliphatic hydroxyl groups excluding tert-OH is 1. The summed E-state index contributed by atoms with van der Waals surface area (Å²) in [5.41, 5.74) is 0. The Labute approximate surface area is 89.9 Å². The van der Waals surface area contributed by atoms with Crippen LogP contribution in [-0.2, 0) is 9.47 Å². The molecular weight excluding hydrogens is 194 g/mol. The summed E-state index contributed by atoms with van der Waals surface area (Å²) in [6.07, 6.45) is 1.11. The molecule has 0 amide bonds. The van der Waals surface area contributed by atoms with E-state index in [2.05, 4.69) is 5.32 Å². The number of nitrogens with one attached hydrogen (secondary N) is 1. The Kier molecular flexibility index (Phi) is 1.97. The molecule has 4 heteroatoms. The number of piperidine rings is 1. The van der Waals surface area contributed by atoms with Crippen LogP contribution in [0.2, 0.25) is 0 Å². The van der Waals surface area contributed by atoms with Crippen LogP contribution in [0.25, 0.3) is 0 Å². The predicted octanol–water partition coefficient (Wildman–Crippen LogP) is 0.248. The van der Waals surface area contributed by atoms with Crippen LogP contribution < -0.4 is 5.32 Å². The summed E-state index contributed by atoms with van der Waals surface area (Å²) in [6, 6.07) is 0.537. The zero-order valence-corrected chi connectivity index (χ0v) is 9.43. The predicted molar refractivity (Wildman–Crippen MR) is 54.3 cm³/mol. The largest absolute Gasteiger partial charge is 0.392 e. The van der Waals surface area contributed by atoms with Gasteiger partial charge >= 0.3 is 0 Å². The number of fused-ring (bicyclic) bond motifs is 5. The summed E-state index contributed by atoms with van der Waals surface area (Å²) < 4.78 is 11.8. The van der Waals surface area contributed by atoms with Gasteiger partial charge in [-0.3, -0.25) is 0 Å². The van der Waals surface area contributed by atoms with Crippen LogP contribution in [0.15, 0.2) is 0 Å². The molecule has 2 aliphatic heterocycles. The van der Waals surface area contributed by atoms with Gasteiger partial charge < -0.3 is 19.9 Å². The van der Waals surface area contributed by atoms with E-state index >= 15 is 0 Å². The van der Waals surface area contributed by atoms with Gasteiger partial charge in [0.25, 0.3) is 0 Å². The highest BCUT2D eigenvalue weighted by atomic mass is 16.8. The summed E-state index contributed by atoms with van der Waals surface area (Å²) in [5, 5.41) is 13.1. The van der Waals surface area contributed by atoms with E-state index in [9.17, 15) is 5.11 Å². The van der Waals surface area contributed by atoms with Gasteiger partial charge in [0.05, 0.1) is 12.2 Å². The van der Waals surface area contributed by atoms with Gasteiger partial charge in [-0.1, -0.05) is 0 Å². The summed E-state index contributed by atoms with van der Waals surface area (Å²) in [7, 11) is 0. The van der Waals surface area contributed by atoms with Crippen LogP contribution in [0, 0.1) is 5.92 Å². The number of hydrogen-bond donors (Lipinski definition) is 2. The van der Waals surface area contributed by atoms with Crippen molar-refractivity contribution in [1.29, 1.82) is 0 Å². The SMILES string of the molecule is C[C@H](O)[C@H]1N[C@H]2C[C@@H]1[C@@H]1OC(C)(C)O[C@@H]12.